The van der Waals surface area contributed by atoms with Gasteiger partial charge in [0.1, 0.15) is 5.82 Å². The first kappa shape index (κ1) is 12.2. The van der Waals surface area contributed by atoms with Crippen molar-refractivity contribution in [3.63, 3.8) is 0 Å². The van der Waals surface area contributed by atoms with Crippen LogP contribution in [0.2, 0.25) is 0 Å². The molecule has 0 aliphatic carbocycles. The molecule has 0 fully saturated rings. The molecule has 0 saturated carbocycles. The van der Waals surface area contributed by atoms with Gasteiger partial charge >= 0.3 is 0 Å². The minimum absolute atomic E-state index is 0.278. The summed E-state index contributed by atoms with van der Waals surface area (Å²) in [6.07, 6.45) is 2.82. The van der Waals surface area contributed by atoms with E-state index in [-0.39, 0.29) is 6.04 Å². The summed E-state index contributed by atoms with van der Waals surface area (Å²) in [6.45, 7) is 4.99. The molecule has 3 nitrogen and oxygen atoms in total. The average Bonchev–Trinajstić information content (AvgIpc) is 2.81. The Kier molecular flexibility index (Phi) is 4.23. The number of rotatable bonds is 5. The second-order valence-electron chi connectivity index (χ2n) is 3.92. The minimum atomic E-state index is 0.278. The molecule has 2 aromatic rings. The first-order chi connectivity index (χ1) is 8.29. The molecular weight excluding hydrogens is 230 g/mol. The Balaban J connectivity index is 2.16. The van der Waals surface area contributed by atoms with Gasteiger partial charge in [-0.25, -0.2) is 9.97 Å². The van der Waals surface area contributed by atoms with Crippen molar-refractivity contribution in [1.29, 1.82) is 0 Å². The number of hydrogen-bond acceptors (Lipinski definition) is 4. The van der Waals surface area contributed by atoms with Gasteiger partial charge in [-0.1, -0.05) is 13.0 Å². The van der Waals surface area contributed by atoms with Gasteiger partial charge in [0, 0.05) is 17.5 Å². The average molecular weight is 247 g/mol. The van der Waals surface area contributed by atoms with E-state index in [1.807, 2.05) is 19.2 Å². The third-order valence-electron chi connectivity index (χ3n) is 2.59. The zero-order chi connectivity index (χ0) is 12.1. The molecular formula is C13H17N3S. The number of nitrogens with zero attached hydrogens (tertiary/aromatic N) is 2. The lowest BCUT2D eigenvalue weighted by Crippen LogP contribution is -2.23. The van der Waals surface area contributed by atoms with Crippen LogP contribution in [0.1, 0.15) is 29.4 Å². The van der Waals surface area contributed by atoms with Crippen molar-refractivity contribution in [2.45, 2.75) is 26.3 Å². The summed E-state index contributed by atoms with van der Waals surface area (Å²) in [6, 6.07) is 6.53. The van der Waals surface area contributed by atoms with Crippen LogP contribution in [0.15, 0.2) is 29.8 Å². The van der Waals surface area contributed by atoms with Crippen molar-refractivity contribution >= 4 is 11.3 Å². The molecule has 0 amide bonds. The van der Waals surface area contributed by atoms with Gasteiger partial charge in [0.2, 0.25) is 0 Å². The molecule has 2 aromatic heterocycles. The van der Waals surface area contributed by atoms with Gasteiger partial charge in [-0.2, -0.15) is 0 Å². The van der Waals surface area contributed by atoms with Crippen LogP contribution in [0, 0.1) is 6.92 Å². The van der Waals surface area contributed by atoms with E-state index in [2.05, 4.69) is 39.7 Å². The zero-order valence-corrected chi connectivity index (χ0v) is 11.0. The SMILES string of the molecule is CCNC(Cc1cccs1)c1ccnc(C)n1. The maximum atomic E-state index is 4.50. The summed E-state index contributed by atoms with van der Waals surface area (Å²) in [4.78, 5) is 10.0. The summed E-state index contributed by atoms with van der Waals surface area (Å²) in [7, 11) is 0. The lowest BCUT2D eigenvalue weighted by atomic mass is 10.1. The van der Waals surface area contributed by atoms with Crippen molar-refractivity contribution in [2.75, 3.05) is 6.54 Å². The Morgan fingerprint density at radius 2 is 2.29 bits per heavy atom. The van der Waals surface area contributed by atoms with E-state index in [0.717, 1.165) is 24.5 Å². The third kappa shape index (κ3) is 3.35. The van der Waals surface area contributed by atoms with Crippen LogP contribution in [0.4, 0.5) is 0 Å². The van der Waals surface area contributed by atoms with Gasteiger partial charge in [-0.3, -0.25) is 0 Å². The van der Waals surface area contributed by atoms with Crippen LogP contribution in [-0.4, -0.2) is 16.5 Å². The first-order valence-electron chi connectivity index (χ1n) is 5.85. The fraction of sp³-hybridized carbons (Fsp3) is 0.385. The van der Waals surface area contributed by atoms with E-state index in [1.165, 1.54) is 4.88 Å². The number of aromatic nitrogens is 2. The van der Waals surface area contributed by atoms with E-state index in [9.17, 15) is 0 Å². The second-order valence-corrected chi connectivity index (χ2v) is 4.95. The number of aryl methyl sites for hydroxylation is 1. The smallest absolute Gasteiger partial charge is 0.125 e. The summed E-state index contributed by atoms with van der Waals surface area (Å²) >= 11 is 1.79. The highest BCUT2D eigenvalue weighted by Crippen LogP contribution is 2.19. The summed E-state index contributed by atoms with van der Waals surface area (Å²) in [5.74, 6) is 0.830. The predicted octanol–water partition coefficient (Wildman–Crippen LogP) is 2.74. The standard InChI is InChI=1S/C13H17N3S/c1-3-14-13(9-11-5-4-8-17-11)12-6-7-15-10(2)16-12/h4-8,13-14H,3,9H2,1-2H3. The number of likely N-dealkylation sites (N-methyl/N-ethyl adjacent to an activating group) is 1. The molecule has 0 spiro atoms. The molecule has 17 heavy (non-hydrogen) atoms. The number of nitrogens with one attached hydrogen (secondary N) is 1. The molecule has 0 saturated heterocycles. The van der Waals surface area contributed by atoms with E-state index in [4.69, 9.17) is 0 Å². The molecule has 0 aliphatic heterocycles. The van der Waals surface area contributed by atoms with E-state index in [0.29, 0.717) is 0 Å². The zero-order valence-electron chi connectivity index (χ0n) is 10.2. The molecule has 4 heteroatoms. The van der Waals surface area contributed by atoms with Gasteiger partial charge in [0.25, 0.3) is 0 Å². The maximum absolute atomic E-state index is 4.50. The molecule has 90 valence electrons. The summed E-state index contributed by atoms with van der Waals surface area (Å²) in [5, 5.41) is 5.60. The van der Waals surface area contributed by atoms with E-state index >= 15 is 0 Å². The number of hydrogen-bond donors (Lipinski definition) is 1. The molecule has 0 bridgehead atoms. The van der Waals surface area contributed by atoms with Gasteiger partial charge in [0.15, 0.2) is 0 Å². The summed E-state index contributed by atoms with van der Waals surface area (Å²) in [5.41, 5.74) is 1.08. The first-order valence-corrected chi connectivity index (χ1v) is 6.73. The molecule has 1 N–H and O–H groups in total. The van der Waals surface area contributed by atoms with E-state index < -0.39 is 0 Å². The monoisotopic (exact) mass is 247 g/mol. The van der Waals surface area contributed by atoms with Crippen LogP contribution in [-0.2, 0) is 6.42 Å². The van der Waals surface area contributed by atoms with Crippen LogP contribution < -0.4 is 5.32 Å². The van der Waals surface area contributed by atoms with E-state index in [1.54, 1.807) is 11.3 Å². The second kappa shape index (κ2) is 5.89. The van der Waals surface area contributed by atoms with Gasteiger partial charge in [-0.15, -0.1) is 11.3 Å². The fourth-order valence-corrected chi connectivity index (χ4v) is 2.58. The maximum Gasteiger partial charge on any atom is 0.125 e. The largest absolute Gasteiger partial charge is 0.309 e. The lowest BCUT2D eigenvalue weighted by molar-refractivity contribution is 0.537. The predicted molar refractivity (Wildman–Crippen MR) is 71.2 cm³/mol. The molecule has 2 heterocycles. The third-order valence-corrected chi connectivity index (χ3v) is 3.49. The molecule has 1 atom stereocenters. The highest BCUT2D eigenvalue weighted by molar-refractivity contribution is 7.09. The topological polar surface area (TPSA) is 37.8 Å². The van der Waals surface area contributed by atoms with Gasteiger partial charge < -0.3 is 5.32 Å². The highest BCUT2D eigenvalue weighted by Gasteiger charge is 2.13. The Labute approximate surface area is 106 Å². The normalized spacial score (nSPS) is 12.6. The van der Waals surface area contributed by atoms with Gasteiger partial charge in [0.05, 0.1) is 11.7 Å². The van der Waals surface area contributed by atoms with Crippen molar-refractivity contribution in [2.24, 2.45) is 0 Å². The summed E-state index contributed by atoms with van der Waals surface area (Å²) < 4.78 is 0. The fourth-order valence-electron chi connectivity index (χ4n) is 1.83. The molecule has 0 aromatic carbocycles. The van der Waals surface area contributed by atoms with Crippen LogP contribution in [0.3, 0.4) is 0 Å². The Bertz CT molecular complexity index is 453. The van der Waals surface area contributed by atoms with Gasteiger partial charge in [-0.05, 0) is 31.0 Å². The van der Waals surface area contributed by atoms with Crippen LogP contribution in [0.5, 0.6) is 0 Å². The van der Waals surface area contributed by atoms with Crippen molar-refractivity contribution in [3.05, 3.63) is 46.2 Å². The lowest BCUT2D eigenvalue weighted by Gasteiger charge is -2.16. The number of thiophene rings is 1. The van der Waals surface area contributed by atoms with Crippen molar-refractivity contribution < 1.29 is 0 Å². The highest BCUT2D eigenvalue weighted by atomic mass is 32.1. The Hall–Kier alpha value is -1.26. The van der Waals surface area contributed by atoms with Crippen LogP contribution in [0.25, 0.3) is 0 Å². The van der Waals surface area contributed by atoms with Crippen molar-refractivity contribution in [3.8, 4) is 0 Å². The Morgan fingerprint density at radius 1 is 1.41 bits per heavy atom. The Morgan fingerprint density at radius 3 is 2.94 bits per heavy atom. The molecule has 0 radical (unpaired) electrons. The minimum Gasteiger partial charge on any atom is -0.309 e. The molecule has 2 rings (SSSR count). The molecule has 0 aliphatic rings. The quantitative estimate of drug-likeness (QED) is 0.883. The molecule has 1 unspecified atom stereocenters. The van der Waals surface area contributed by atoms with Crippen LogP contribution >= 0.6 is 11.3 Å². The van der Waals surface area contributed by atoms with Crippen molar-refractivity contribution in [1.82, 2.24) is 15.3 Å².